The molecule has 9 heteroatoms. The Morgan fingerprint density at radius 2 is 1.86 bits per heavy atom. The van der Waals surface area contributed by atoms with E-state index in [1.165, 1.54) is 6.33 Å². The molecular weight excluding hydrogens is 374 g/mol. The number of nitrogens with two attached hydrogens (primary N) is 1. The number of anilines is 1. The van der Waals surface area contributed by atoms with Crippen LogP contribution in [0.2, 0.25) is 0 Å². The Morgan fingerprint density at radius 1 is 1.17 bits per heavy atom. The van der Waals surface area contributed by atoms with E-state index in [9.17, 15) is 14.4 Å². The van der Waals surface area contributed by atoms with E-state index in [4.69, 9.17) is 10.5 Å². The number of aromatic nitrogens is 2. The summed E-state index contributed by atoms with van der Waals surface area (Å²) in [6.45, 7) is 6.00. The first kappa shape index (κ1) is 21.9. The Bertz CT molecular complexity index is 856. The van der Waals surface area contributed by atoms with Gasteiger partial charge in [0, 0.05) is 19.5 Å². The van der Waals surface area contributed by atoms with Crippen LogP contribution in [0, 0.1) is 0 Å². The molecule has 156 valence electrons. The molecule has 0 radical (unpaired) electrons. The summed E-state index contributed by atoms with van der Waals surface area (Å²) in [5.41, 5.74) is 6.01. The van der Waals surface area contributed by atoms with E-state index in [1.54, 1.807) is 25.3 Å². The summed E-state index contributed by atoms with van der Waals surface area (Å²) in [5, 5.41) is 5.19. The molecule has 0 unspecified atom stereocenters. The predicted octanol–water partition coefficient (Wildman–Crippen LogP) is 2.27. The zero-order valence-electron chi connectivity index (χ0n) is 16.9. The first-order valence-electron chi connectivity index (χ1n) is 9.31. The topological polar surface area (TPSA) is 128 Å². The Kier molecular flexibility index (Phi) is 7.35. The Morgan fingerprint density at radius 3 is 2.48 bits per heavy atom. The molecule has 0 saturated heterocycles. The number of benzene rings is 1. The average Bonchev–Trinajstić information content (AvgIpc) is 3.00. The first-order chi connectivity index (χ1) is 13.7. The number of carbonyl (C=O) groups excluding carboxylic acids is 3. The molecule has 0 fully saturated rings. The van der Waals surface area contributed by atoms with Crippen molar-refractivity contribution in [1.29, 1.82) is 0 Å². The quantitative estimate of drug-likeness (QED) is 0.585. The highest BCUT2D eigenvalue weighted by atomic mass is 16.6. The van der Waals surface area contributed by atoms with Gasteiger partial charge < -0.3 is 25.7 Å². The van der Waals surface area contributed by atoms with Crippen LogP contribution < -0.4 is 16.4 Å². The molecule has 2 rings (SSSR count). The van der Waals surface area contributed by atoms with Gasteiger partial charge in [-0.2, -0.15) is 0 Å². The van der Waals surface area contributed by atoms with E-state index in [1.807, 2.05) is 30.3 Å². The van der Waals surface area contributed by atoms with E-state index in [0.29, 0.717) is 13.0 Å². The SMILES string of the molecule is CC(C)(C)OC(=O)NCCCC(=O)Nc1ncn(Cc2ccccc2)c1C(N)=O. The van der Waals surface area contributed by atoms with E-state index in [-0.39, 0.29) is 30.4 Å². The summed E-state index contributed by atoms with van der Waals surface area (Å²) in [5.74, 6) is -0.887. The number of amides is 3. The van der Waals surface area contributed by atoms with Crippen molar-refractivity contribution in [1.82, 2.24) is 14.9 Å². The van der Waals surface area contributed by atoms with E-state index < -0.39 is 17.6 Å². The Balaban J connectivity index is 1.88. The van der Waals surface area contributed by atoms with Crippen molar-refractivity contribution >= 4 is 23.7 Å². The van der Waals surface area contributed by atoms with Crippen LogP contribution in [0.1, 0.15) is 49.7 Å². The van der Waals surface area contributed by atoms with Gasteiger partial charge in [-0.1, -0.05) is 30.3 Å². The van der Waals surface area contributed by atoms with Gasteiger partial charge in [0.15, 0.2) is 11.5 Å². The third kappa shape index (κ3) is 7.28. The maximum absolute atomic E-state index is 12.2. The number of rotatable bonds is 8. The molecule has 1 aromatic carbocycles. The van der Waals surface area contributed by atoms with Gasteiger partial charge in [-0.05, 0) is 32.8 Å². The molecule has 0 saturated carbocycles. The van der Waals surface area contributed by atoms with Crippen molar-refractivity contribution in [2.24, 2.45) is 5.73 Å². The minimum atomic E-state index is -0.680. The number of carbonyl (C=O) groups is 3. The highest BCUT2D eigenvalue weighted by Gasteiger charge is 2.19. The number of imidazole rings is 1. The molecular formula is C20H27N5O4. The summed E-state index contributed by atoms with van der Waals surface area (Å²) in [6, 6.07) is 9.52. The van der Waals surface area contributed by atoms with Gasteiger partial charge >= 0.3 is 6.09 Å². The van der Waals surface area contributed by atoms with Crippen LogP contribution in [0.15, 0.2) is 36.7 Å². The minimum Gasteiger partial charge on any atom is -0.444 e. The van der Waals surface area contributed by atoms with Crippen LogP contribution in [0.5, 0.6) is 0 Å². The number of ether oxygens (including phenoxy) is 1. The monoisotopic (exact) mass is 401 g/mol. The second-order valence-electron chi connectivity index (χ2n) is 7.50. The smallest absolute Gasteiger partial charge is 0.407 e. The summed E-state index contributed by atoms with van der Waals surface area (Å²) in [6.07, 6.45) is 1.47. The molecule has 0 aliphatic heterocycles. The predicted molar refractivity (Wildman–Crippen MR) is 108 cm³/mol. The molecule has 29 heavy (non-hydrogen) atoms. The van der Waals surface area contributed by atoms with Gasteiger partial charge in [-0.25, -0.2) is 9.78 Å². The third-order valence-corrected chi connectivity index (χ3v) is 3.77. The number of primary amides is 1. The number of nitrogens with one attached hydrogen (secondary N) is 2. The maximum atomic E-state index is 12.2. The second-order valence-corrected chi connectivity index (χ2v) is 7.50. The minimum absolute atomic E-state index is 0.124. The normalized spacial score (nSPS) is 11.0. The van der Waals surface area contributed by atoms with Crippen molar-refractivity contribution in [3.8, 4) is 0 Å². The molecule has 0 bridgehead atoms. The largest absolute Gasteiger partial charge is 0.444 e. The second kappa shape index (κ2) is 9.72. The third-order valence-electron chi connectivity index (χ3n) is 3.77. The van der Waals surface area contributed by atoms with E-state index in [0.717, 1.165) is 5.56 Å². The van der Waals surface area contributed by atoms with Crippen molar-refractivity contribution in [3.63, 3.8) is 0 Å². The zero-order valence-corrected chi connectivity index (χ0v) is 16.9. The molecule has 0 aliphatic rings. The summed E-state index contributed by atoms with van der Waals surface area (Å²) < 4.78 is 6.71. The highest BCUT2D eigenvalue weighted by molar-refractivity contribution is 6.00. The first-order valence-corrected chi connectivity index (χ1v) is 9.31. The molecule has 1 aromatic heterocycles. The van der Waals surface area contributed by atoms with Gasteiger partial charge in [-0.3, -0.25) is 9.59 Å². The highest BCUT2D eigenvalue weighted by Crippen LogP contribution is 2.15. The molecule has 0 aliphatic carbocycles. The molecule has 3 amide bonds. The van der Waals surface area contributed by atoms with Crippen LogP contribution >= 0.6 is 0 Å². The van der Waals surface area contributed by atoms with Crippen molar-refractivity contribution in [2.45, 2.75) is 45.8 Å². The number of alkyl carbamates (subject to hydrolysis) is 1. The fourth-order valence-electron chi connectivity index (χ4n) is 2.58. The van der Waals surface area contributed by atoms with Gasteiger partial charge in [0.2, 0.25) is 5.91 Å². The van der Waals surface area contributed by atoms with Crippen LogP contribution in [0.4, 0.5) is 10.6 Å². The lowest BCUT2D eigenvalue weighted by atomic mass is 10.2. The number of hydrogen-bond acceptors (Lipinski definition) is 5. The maximum Gasteiger partial charge on any atom is 0.407 e. The fourth-order valence-corrected chi connectivity index (χ4v) is 2.58. The molecule has 4 N–H and O–H groups in total. The van der Waals surface area contributed by atoms with Crippen LogP contribution in [0.25, 0.3) is 0 Å². The summed E-state index contributed by atoms with van der Waals surface area (Å²) >= 11 is 0. The lowest BCUT2D eigenvalue weighted by Gasteiger charge is -2.19. The number of nitrogens with zero attached hydrogens (tertiary/aromatic N) is 2. The van der Waals surface area contributed by atoms with Crippen LogP contribution in [-0.2, 0) is 16.1 Å². The standard InChI is InChI=1S/C20H27N5O4/c1-20(2,3)29-19(28)22-11-7-10-15(26)24-18-16(17(21)27)25(13-23-18)12-14-8-5-4-6-9-14/h4-6,8-9,13H,7,10-12H2,1-3H3,(H2,21,27)(H,22,28)(H,24,26). The summed E-state index contributed by atoms with van der Waals surface area (Å²) in [4.78, 5) is 39.7. The molecule has 9 nitrogen and oxygen atoms in total. The molecule has 0 atom stereocenters. The lowest BCUT2D eigenvalue weighted by molar-refractivity contribution is -0.116. The number of hydrogen-bond donors (Lipinski definition) is 3. The molecule has 1 heterocycles. The van der Waals surface area contributed by atoms with Crippen molar-refractivity contribution < 1.29 is 19.1 Å². The van der Waals surface area contributed by atoms with Gasteiger partial charge in [-0.15, -0.1) is 0 Å². The van der Waals surface area contributed by atoms with E-state index >= 15 is 0 Å². The fraction of sp³-hybridized carbons (Fsp3) is 0.400. The zero-order chi connectivity index (χ0) is 21.4. The lowest BCUT2D eigenvalue weighted by Crippen LogP contribution is -2.33. The van der Waals surface area contributed by atoms with Crippen LogP contribution in [0.3, 0.4) is 0 Å². The average molecular weight is 401 g/mol. The summed E-state index contributed by atoms with van der Waals surface area (Å²) in [7, 11) is 0. The van der Waals surface area contributed by atoms with E-state index in [2.05, 4.69) is 15.6 Å². The van der Waals surface area contributed by atoms with Crippen LogP contribution in [-0.4, -0.2) is 39.6 Å². The molecule has 0 spiro atoms. The van der Waals surface area contributed by atoms with Gasteiger partial charge in [0.25, 0.3) is 5.91 Å². The van der Waals surface area contributed by atoms with Gasteiger partial charge in [0.05, 0.1) is 6.33 Å². The van der Waals surface area contributed by atoms with Gasteiger partial charge in [0.1, 0.15) is 5.60 Å². The Hall–Kier alpha value is -3.36. The van der Waals surface area contributed by atoms with Crippen molar-refractivity contribution in [2.75, 3.05) is 11.9 Å². The molecule has 2 aromatic rings. The van der Waals surface area contributed by atoms with Crippen molar-refractivity contribution in [3.05, 3.63) is 47.9 Å². The Labute approximate surface area is 169 Å².